The van der Waals surface area contributed by atoms with E-state index in [9.17, 15) is 5.11 Å². The first-order chi connectivity index (χ1) is 10.7. The Labute approximate surface area is 130 Å². The van der Waals surface area contributed by atoms with Gasteiger partial charge in [0.2, 0.25) is 0 Å². The summed E-state index contributed by atoms with van der Waals surface area (Å²) in [6.45, 7) is 3.57. The van der Waals surface area contributed by atoms with Crippen LogP contribution in [0.2, 0.25) is 0 Å². The maximum absolute atomic E-state index is 10.8. The van der Waals surface area contributed by atoms with Crippen LogP contribution in [0.15, 0.2) is 42.7 Å². The molecule has 1 aliphatic heterocycles. The second kappa shape index (κ2) is 6.89. The molecule has 1 fully saturated rings. The number of aromatic nitrogens is 3. The Morgan fingerprint density at radius 1 is 1.27 bits per heavy atom. The molecule has 0 amide bonds. The van der Waals surface area contributed by atoms with E-state index in [4.69, 9.17) is 4.74 Å². The summed E-state index contributed by atoms with van der Waals surface area (Å²) in [5.74, 6) is 0.886. The van der Waals surface area contributed by atoms with Crippen LogP contribution in [-0.4, -0.2) is 56.8 Å². The second-order valence-corrected chi connectivity index (χ2v) is 5.87. The fourth-order valence-electron chi connectivity index (χ4n) is 2.95. The monoisotopic (exact) mass is 302 g/mol. The van der Waals surface area contributed by atoms with Crippen molar-refractivity contribution >= 4 is 0 Å². The number of rotatable bonds is 6. The third-order valence-corrected chi connectivity index (χ3v) is 3.98. The molecule has 1 unspecified atom stereocenters. The van der Waals surface area contributed by atoms with Gasteiger partial charge in [0.25, 0.3) is 0 Å². The highest BCUT2D eigenvalue weighted by atomic mass is 16.5. The molecule has 3 rings (SSSR count). The Morgan fingerprint density at radius 2 is 2.14 bits per heavy atom. The molecule has 2 heterocycles. The van der Waals surface area contributed by atoms with Gasteiger partial charge in [-0.15, -0.1) is 5.10 Å². The van der Waals surface area contributed by atoms with Crippen molar-refractivity contribution in [3.05, 3.63) is 42.7 Å². The predicted octanol–water partition coefficient (Wildman–Crippen LogP) is 1.18. The Hall–Kier alpha value is -1.92. The van der Waals surface area contributed by atoms with Crippen molar-refractivity contribution in [3.8, 4) is 5.75 Å². The molecule has 22 heavy (non-hydrogen) atoms. The van der Waals surface area contributed by atoms with E-state index in [1.807, 2.05) is 30.3 Å². The van der Waals surface area contributed by atoms with Crippen LogP contribution >= 0.6 is 0 Å². The molecule has 1 N–H and O–H groups in total. The first-order valence-corrected chi connectivity index (χ1v) is 7.70. The van der Waals surface area contributed by atoms with Crippen LogP contribution in [0.4, 0.5) is 0 Å². The topological polar surface area (TPSA) is 63.4 Å². The summed E-state index contributed by atoms with van der Waals surface area (Å²) >= 11 is 0. The van der Waals surface area contributed by atoms with E-state index in [2.05, 4.69) is 15.2 Å². The zero-order valence-electron chi connectivity index (χ0n) is 12.6. The highest BCUT2D eigenvalue weighted by Crippen LogP contribution is 2.22. The first kappa shape index (κ1) is 15.0. The average Bonchev–Trinajstić information content (AvgIpc) is 3.01. The lowest BCUT2D eigenvalue weighted by molar-refractivity contribution is -0.0476. The van der Waals surface area contributed by atoms with Crippen molar-refractivity contribution in [2.75, 3.05) is 26.2 Å². The number of ether oxygens (including phenoxy) is 1. The summed E-state index contributed by atoms with van der Waals surface area (Å²) in [5, 5.41) is 18.5. The molecule has 118 valence electrons. The first-order valence-electron chi connectivity index (χ1n) is 7.70. The van der Waals surface area contributed by atoms with Crippen LogP contribution in [0.3, 0.4) is 0 Å². The molecule has 0 aliphatic carbocycles. The predicted molar refractivity (Wildman–Crippen MR) is 82.6 cm³/mol. The Morgan fingerprint density at radius 3 is 2.91 bits per heavy atom. The third kappa shape index (κ3) is 4.05. The summed E-state index contributed by atoms with van der Waals surface area (Å²) in [5.41, 5.74) is -0.737. The van der Waals surface area contributed by atoms with Crippen molar-refractivity contribution < 1.29 is 9.84 Å². The van der Waals surface area contributed by atoms with Gasteiger partial charge in [-0.05, 0) is 31.5 Å². The third-order valence-electron chi connectivity index (χ3n) is 3.98. The molecule has 1 aliphatic rings. The van der Waals surface area contributed by atoms with Gasteiger partial charge in [0.05, 0.1) is 18.3 Å². The molecule has 1 aromatic heterocycles. The highest BCUT2D eigenvalue weighted by Gasteiger charge is 2.33. The van der Waals surface area contributed by atoms with Crippen LogP contribution in [0.1, 0.15) is 12.8 Å². The smallest absolute Gasteiger partial charge is 0.119 e. The zero-order valence-corrected chi connectivity index (χ0v) is 12.6. The van der Waals surface area contributed by atoms with E-state index < -0.39 is 5.60 Å². The standard InChI is InChI=1S/C16H22N4O2/c21-16(14-20-10-8-17-18-20)7-4-9-19(13-16)11-12-22-15-5-2-1-3-6-15/h1-3,5-6,8,10,21H,4,7,9,11-14H2. The number of aliphatic hydroxyl groups is 1. The Bertz CT molecular complexity index is 561. The number of benzene rings is 1. The Kier molecular flexibility index (Phi) is 4.70. The lowest BCUT2D eigenvalue weighted by Crippen LogP contribution is -2.51. The van der Waals surface area contributed by atoms with Crippen molar-refractivity contribution in [3.63, 3.8) is 0 Å². The number of piperidine rings is 1. The largest absolute Gasteiger partial charge is 0.492 e. The summed E-state index contributed by atoms with van der Waals surface area (Å²) in [4.78, 5) is 2.25. The summed E-state index contributed by atoms with van der Waals surface area (Å²) in [6, 6.07) is 9.82. The summed E-state index contributed by atoms with van der Waals surface area (Å²) < 4.78 is 7.43. The van der Waals surface area contributed by atoms with Gasteiger partial charge in [-0.25, -0.2) is 4.68 Å². The molecular weight excluding hydrogens is 280 g/mol. The molecule has 1 saturated heterocycles. The van der Waals surface area contributed by atoms with Crippen molar-refractivity contribution in [1.82, 2.24) is 19.9 Å². The summed E-state index contributed by atoms with van der Waals surface area (Å²) in [7, 11) is 0. The minimum atomic E-state index is -0.737. The van der Waals surface area contributed by atoms with E-state index >= 15 is 0 Å². The number of hydrogen-bond acceptors (Lipinski definition) is 5. The molecular formula is C16H22N4O2. The van der Waals surface area contributed by atoms with Crippen molar-refractivity contribution in [1.29, 1.82) is 0 Å². The number of likely N-dealkylation sites (tertiary alicyclic amines) is 1. The fraction of sp³-hybridized carbons (Fsp3) is 0.500. The molecule has 1 aromatic carbocycles. The minimum Gasteiger partial charge on any atom is -0.492 e. The molecule has 2 aromatic rings. The fourth-order valence-corrected chi connectivity index (χ4v) is 2.95. The van der Waals surface area contributed by atoms with E-state index in [-0.39, 0.29) is 0 Å². The van der Waals surface area contributed by atoms with Crippen LogP contribution in [0.25, 0.3) is 0 Å². The minimum absolute atomic E-state index is 0.489. The van der Waals surface area contributed by atoms with Gasteiger partial charge in [-0.3, -0.25) is 4.90 Å². The van der Waals surface area contributed by atoms with Crippen LogP contribution in [0.5, 0.6) is 5.75 Å². The van der Waals surface area contributed by atoms with Crippen molar-refractivity contribution in [2.45, 2.75) is 25.0 Å². The SMILES string of the molecule is OC1(Cn2ccnn2)CCCN(CCOc2ccccc2)C1. The molecule has 0 saturated carbocycles. The molecule has 0 spiro atoms. The van der Waals surface area contributed by atoms with Gasteiger partial charge in [-0.2, -0.15) is 0 Å². The maximum atomic E-state index is 10.8. The highest BCUT2D eigenvalue weighted by molar-refractivity contribution is 5.20. The van der Waals surface area contributed by atoms with Gasteiger partial charge < -0.3 is 9.84 Å². The number of para-hydroxylation sites is 1. The molecule has 6 heteroatoms. The number of nitrogens with zero attached hydrogens (tertiary/aromatic N) is 4. The average molecular weight is 302 g/mol. The quantitative estimate of drug-likeness (QED) is 0.868. The normalized spacial score (nSPS) is 22.6. The van der Waals surface area contributed by atoms with Crippen LogP contribution in [0, 0.1) is 0 Å². The zero-order chi connectivity index (χ0) is 15.3. The van der Waals surface area contributed by atoms with E-state index in [1.54, 1.807) is 17.1 Å². The van der Waals surface area contributed by atoms with Gasteiger partial charge in [0, 0.05) is 19.3 Å². The van der Waals surface area contributed by atoms with Crippen LogP contribution in [-0.2, 0) is 6.54 Å². The van der Waals surface area contributed by atoms with Gasteiger partial charge >= 0.3 is 0 Å². The lowest BCUT2D eigenvalue weighted by atomic mass is 9.93. The van der Waals surface area contributed by atoms with E-state index in [0.29, 0.717) is 19.7 Å². The summed E-state index contributed by atoms with van der Waals surface area (Å²) in [6.07, 6.45) is 5.20. The molecule has 1 atom stereocenters. The van der Waals surface area contributed by atoms with Crippen LogP contribution < -0.4 is 4.74 Å². The van der Waals surface area contributed by atoms with E-state index in [0.717, 1.165) is 31.7 Å². The second-order valence-electron chi connectivity index (χ2n) is 5.87. The molecule has 0 bridgehead atoms. The maximum Gasteiger partial charge on any atom is 0.119 e. The van der Waals surface area contributed by atoms with Gasteiger partial charge in [-0.1, -0.05) is 23.4 Å². The lowest BCUT2D eigenvalue weighted by Gasteiger charge is -2.38. The van der Waals surface area contributed by atoms with Crippen molar-refractivity contribution in [2.24, 2.45) is 0 Å². The van der Waals surface area contributed by atoms with Gasteiger partial charge in [0.15, 0.2) is 0 Å². The molecule has 0 radical (unpaired) electrons. The van der Waals surface area contributed by atoms with Gasteiger partial charge in [0.1, 0.15) is 12.4 Å². The van der Waals surface area contributed by atoms with E-state index in [1.165, 1.54) is 0 Å². The Balaban J connectivity index is 1.48. The molecule has 6 nitrogen and oxygen atoms in total. The number of hydrogen-bond donors (Lipinski definition) is 1. The number of β-amino-alcohol motifs (C(OH)–C–C–N with tert-alkyl or cyclic N) is 1.